The van der Waals surface area contributed by atoms with Crippen molar-refractivity contribution in [3.8, 4) is 0 Å². The lowest BCUT2D eigenvalue weighted by Crippen LogP contribution is -2.30. The van der Waals surface area contributed by atoms with Crippen LogP contribution in [-0.4, -0.2) is 29.3 Å². The zero-order valence-electron chi connectivity index (χ0n) is 9.45. The molecule has 0 aromatic carbocycles. The van der Waals surface area contributed by atoms with Crippen molar-refractivity contribution in [2.45, 2.75) is 32.1 Å². The third-order valence-corrected chi connectivity index (χ3v) is 4.56. The molecule has 5 heteroatoms. The number of hydrogen-bond donors (Lipinski definition) is 1. The highest BCUT2D eigenvalue weighted by Crippen LogP contribution is 2.37. The van der Waals surface area contributed by atoms with Gasteiger partial charge in [0.15, 0.2) is 0 Å². The van der Waals surface area contributed by atoms with Gasteiger partial charge in [-0.05, 0) is 19.8 Å². The quantitative estimate of drug-likeness (QED) is 0.862. The van der Waals surface area contributed by atoms with Gasteiger partial charge in [0.1, 0.15) is 4.88 Å². The molecule has 1 aliphatic heterocycles. The fourth-order valence-corrected chi connectivity index (χ4v) is 3.00. The molecule has 0 bridgehead atoms. The summed E-state index contributed by atoms with van der Waals surface area (Å²) in [5.41, 5.74) is 0.613. The zero-order chi connectivity index (χ0) is 11.8. The first kappa shape index (κ1) is 11.5. The summed E-state index contributed by atoms with van der Waals surface area (Å²) in [7, 11) is 0. The van der Waals surface area contributed by atoms with Crippen LogP contribution in [0.5, 0.6) is 0 Å². The van der Waals surface area contributed by atoms with Gasteiger partial charge in [0.25, 0.3) is 0 Å². The normalized spacial score (nSPS) is 19.6. The van der Waals surface area contributed by atoms with Crippen LogP contribution in [0.25, 0.3) is 0 Å². The molecular weight excluding hydrogens is 226 g/mol. The third kappa shape index (κ3) is 1.97. The molecule has 1 N–H and O–H groups in total. The van der Waals surface area contributed by atoms with Crippen molar-refractivity contribution in [1.29, 1.82) is 0 Å². The van der Waals surface area contributed by atoms with Crippen LogP contribution in [0, 0.1) is 6.92 Å². The maximum atomic E-state index is 11.0. The van der Waals surface area contributed by atoms with Gasteiger partial charge in [-0.3, -0.25) is 0 Å². The fourth-order valence-electron chi connectivity index (χ4n) is 1.89. The van der Waals surface area contributed by atoms with Crippen molar-refractivity contribution >= 4 is 17.3 Å². The Kier molecular flexibility index (Phi) is 2.99. The molecule has 2 heterocycles. The summed E-state index contributed by atoms with van der Waals surface area (Å²) in [5, 5.41) is 9.94. The van der Waals surface area contributed by atoms with Crippen LogP contribution in [0.1, 0.15) is 40.1 Å². The lowest BCUT2D eigenvalue weighted by molar-refractivity contribution is 0.0563. The maximum absolute atomic E-state index is 11.0. The smallest absolute Gasteiger partial charge is 0.347 e. The summed E-state index contributed by atoms with van der Waals surface area (Å²) in [6.45, 7) is 5.36. The fraction of sp³-hybridized carbons (Fsp3) is 0.636. The first-order valence-electron chi connectivity index (χ1n) is 5.32. The molecule has 2 rings (SSSR count). The molecule has 1 aromatic rings. The van der Waals surface area contributed by atoms with Crippen LogP contribution in [0.15, 0.2) is 0 Å². The van der Waals surface area contributed by atoms with Crippen LogP contribution < -0.4 is 0 Å². The van der Waals surface area contributed by atoms with Gasteiger partial charge >= 0.3 is 5.97 Å². The molecule has 1 fully saturated rings. The highest BCUT2D eigenvalue weighted by Gasteiger charge is 2.33. The SMILES string of the molecule is Cc1nc(C2(C)CCOCC2)sc1C(=O)O. The van der Waals surface area contributed by atoms with Gasteiger partial charge in [-0.25, -0.2) is 9.78 Å². The lowest BCUT2D eigenvalue weighted by Gasteiger charge is -2.31. The van der Waals surface area contributed by atoms with Gasteiger partial charge in [0.2, 0.25) is 0 Å². The number of carboxylic acid groups (broad SMARTS) is 1. The van der Waals surface area contributed by atoms with Crippen LogP contribution >= 0.6 is 11.3 Å². The Morgan fingerprint density at radius 2 is 2.12 bits per heavy atom. The molecule has 1 aliphatic rings. The van der Waals surface area contributed by atoms with E-state index in [1.807, 2.05) is 0 Å². The molecule has 1 saturated heterocycles. The number of carbonyl (C=O) groups is 1. The Morgan fingerprint density at radius 3 is 2.62 bits per heavy atom. The topological polar surface area (TPSA) is 59.4 Å². The summed E-state index contributed by atoms with van der Waals surface area (Å²) in [5.74, 6) is -0.878. The summed E-state index contributed by atoms with van der Waals surface area (Å²) in [6.07, 6.45) is 1.83. The van der Waals surface area contributed by atoms with Gasteiger partial charge < -0.3 is 9.84 Å². The van der Waals surface area contributed by atoms with E-state index < -0.39 is 5.97 Å². The van der Waals surface area contributed by atoms with Crippen molar-refractivity contribution in [3.05, 3.63) is 15.6 Å². The molecule has 0 aliphatic carbocycles. The van der Waals surface area contributed by atoms with Crippen molar-refractivity contribution in [2.75, 3.05) is 13.2 Å². The number of nitrogens with zero attached hydrogens (tertiary/aromatic N) is 1. The van der Waals surface area contributed by atoms with E-state index in [0.717, 1.165) is 31.1 Å². The predicted octanol–water partition coefficient (Wildman–Crippen LogP) is 2.22. The number of carboxylic acids is 1. The minimum atomic E-state index is -0.878. The van der Waals surface area contributed by atoms with Gasteiger partial charge in [0, 0.05) is 18.6 Å². The second kappa shape index (κ2) is 4.14. The van der Waals surface area contributed by atoms with Gasteiger partial charge in [0.05, 0.1) is 10.7 Å². The van der Waals surface area contributed by atoms with E-state index in [2.05, 4.69) is 11.9 Å². The summed E-state index contributed by atoms with van der Waals surface area (Å²) in [4.78, 5) is 15.7. The van der Waals surface area contributed by atoms with Crippen molar-refractivity contribution in [1.82, 2.24) is 4.98 Å². The van der Waals surface area contributed by atoms with E-state index in [1.54, 1.807) is 6.92 Å². The number of aromatic carboxylic acids is 1. The first-order valence-corrected chi connectivity index (χ1v) is 6.13. The minimum absolute atomic E-state index is 0.0125. The average molecular weight is 241 g/mol. The summed E-state index contributed by atoms with van der Waals surface area (Å²) in [6, 6.07) is 0. The van der Waals surface area contributed by atoms with Gasteiger partial charge in [-0.2, -0.15) is 0 Å². The second-order valence-electron chi connectivity index (χ2n) is 4.41. The Balaban J connectivity index is 2.33. The maximum Gasteiger partial charge on any atom is 0.347 e. The number of aromatic nitrogens is 1. The highest BCUT2D eigenvalue weighted by molar-refractivity contribution is 7.13. The van der Waals surface area contributed by atoms with Crippen LogP contribution in [0.2, 0.25) is 0 Å². The molecule has 1 aromatic heterocycles. The lowest BCUT2D eigenvalue weighted by atomic mass is 9.83. The van der Waals surface area contributed by atoms with E-state index in [9.17, 15) is 4.79 Å². The Hall–Kier alpha value is -0.940. The third-order valence-electron chi connectivity index (χ3n) is 3.10. The van der Waals surface area contributed by atoms with E-state index in [-0.39, 0.29) is 5.41 Å². The van der Waals surface area contributed by atoms with Crippen molar-refractivity contribution in [3.63, 3.8) is 0 Å². The molecule has 4 nitrogen and oxygen atoms in total. The number of aryl methyl sites for hydroxylation is 1. The van der Waals surface area contributed by atoms with E-state index in [1.165, 1.54) is 11.3 Å². The van der Waals surface area contributed by atoms with E-state index in [0.29, 0.717) is 10.6 Å². The number of hydrogen-bond acceptors (Lipinski definition) is 4. The number of ether oxygens (including phenoxy) is 1. The van der Waals surface area contributed by atoms with Crippen LogP contribution in [-0.2, 0) is 10.2 Å². The minimum Gasteiger partial charge on any atom is -0.477 e. The Morgan fingerprint density at radius 1 is 1.50 bits per heavy atom. The standard InChI is InChI=1S/C11H15NO3S/c1-7-8(9(13)14)16-10(12-7)11(2)3-5-15-6-4-11/h3-6H2,1-2H3,(H,13,14). The molecule has 0 spiro atoms. The number of rotatable bonds is 2. The number of thiazole rings is 1. The molecule has 0 radical (unpaired) electrons. The van der Waals surface area contributed by atoms with Crippen molar-refractivity contribution < 1.29 is 14.6 Å². The largest absolute Gasteiger partial charge is 0.477 e. The highest BCUT2D eigenvalue weighted by atomic mass is 32.1. The molecule has 16 heavy (non-hydrogen) atoms. The van der Waals surface area contributed by atoms with Crippen LogP contribution in [0.4, 0.5) is 0 Å². The second-order valence-corrected chi connectivity index (χ2v) is 5.41. The van der Waals surface area contributed by atoms with Gasteiger partial charge in [-0.15, -0.1) is 11.3 Å². The first-order chi connectivity index (χ1) is 7.53. The summed E-state index contributed by atoms with van der Waals surface area (Å²) >= 11 is 1.31. The molecule has 0 saturated carbocycles. The molecular formula is C11H15NO3S. The molecule has 88 valence electrons. The Labute approximate surface area is 98.3 Å². The van der Waals surface area contributed by atoms with Crippen LogP contribution in [0.3, 0.4) is 0 Å². The monoisotopic (exact) mass is 241 g/mol. The molecule has 0 atom stereocenters. The summed E-state index contributed by atoms with van der Waals surface area (Å²) < 4.78 is 5.33. The Bertz CT molecular complexity index is 407. The van der Waals surface area contributed by atoms with Crippen molar-refractivity contribution in [2.24, 2.45) is 0 Å². The van der Waals surface area contributed by atoms with E-state index >= 15 is 0 Å². The zero-order valence-corrected chi connectivity index (χ0v) is 10.3. The average Bonchev–Trinajstić information content (AvgIpc) is 2.62. The van der Waals surface area contributed by atoms with E-state index in [4.69, 9.17) is 9.84 Å². The molecule has 0 amide bonds. The van der Waals surface area contributed by atoms with Gasteiger partial charge in [-0.1, -0.05) is 6.92 Å². The predicted molar refractivity (Wildman–Crippen MR) is 61.2 cm³/mol. The molecule has 0 unspecified atom stereocenters.